The lowest BCUT2D eigenvalue weighted by molar-refractivity contribution is -0.276. The number of esters is 1. The first-order chi connectivity index (χ1) is 9.49. The average molecular weight is 319 g/mol. The van der Waals surface area contributed by atoms with Gasteiger partial charge in [-0.15, -0.1) is 13.2 Å². The van der Waals surface area contributed by atoms with Crippen LogP contribution in [0, 0.1) is 0 Å². The van der Waals surface area contributed by atoms with E-state index in [1.54, 1.807) is 0 Å². The van der Waals surface area contributed by atoms with Gasteiger partial charge in [-0.3, -0.25) is 0 Å². The number of ether oxygens (including phenoxy) is 3. The lowest BCUT2D eigenvalue weighted by Crippen LogP contribution is -2.23. The van der Waals surface area contributed by atoms with Gasteiger partial charge in [0.15, 0.2) is 5.69 Å². The third-order valence-electron chi connectivity index (χ3n) is 2.06. The molecule has 0 radical (unpaired) electrons. The number of carbonyl (C=O) groups is 1. The van der Waals surface area contributed by atoms with Crippen LogP contribution in [0.1, 0.15) is 16.1 Å². The molecule has 1 rings (SSSR count). The molecule has 0 saturated heterocycles. The summed E-state index contributed by atoms with van der Waals surface area (Å²) in [7, 11) is 1.68. The Bertz CT molecular complexity index is 540. The number of hydrogen-bond donors (Lipinski definition) is 0. The van der Waals surface area contributed by atoms with Crippen LogP contribution in [0.25, 0.3) is 0 Å². The molecule has 1 aromatic heterocycles. The molecule has 0 amide bonds. The van der Waals surface area contributed by atoms with E-state index in [0.717, 1.165) is 14.2 Å². The van der Waals surface area contributed by atoms with E-state index in [2.05, 4.69) is 19.2 Å². The van der Waals surface area contributed by atoms with E-state index in [-0.39, 0.29) is 6.07 Å². The molecule has 0 aromatic carbocycles. The van der Waals surface area contributed by atoms with E-state index >= 15 is 0 Å². The topological polar surface area (TPSA) is 57.7 Å². The van der Waals surface area contributed by atoms with Crippen molar-refractivity contribution in [2.45, 2.75) is 12.5 Å². The second-order valence-electron chi connectivity index (χ2n) is 3.42. The molecule has 0 saturated carbocycles. The minimum absolute atomic E-state index is 0.267. The van der Waals surface area contributed by atoms with Crippen molar-refractivity contribution >= 4 is 5.97 Å². The Labute approximate surface area is 113 Å². The van der Waals surface area contributed by atoms with Gasteiger partial charge >= 0.3 is 18.5 Å². The monoisotopic (exact) mass is 319 g/mol. The summed E-state index contributed by atoms with van der Waals surface area (Å²) >= 11 is 0. The standard InChI is InChI=1S/C10H7F6NO4/c1-19-5-3-4(21-10(14,15)16)6(9(11,12)13)7(17-5)8(18)20-2/h3H,1-2H3. The summed E-state index contributed by atoms with van der Waals surface area (Å²) in [4.78, 5) is 14.4. The van der Waals surface area contributed by atoms with Gasteiger partial charge in [0.1, 0.15) is 11.3 Å². The molecule has 0 N–H and O–H groups in total. The maximum absolute atomic E-state index is 12.9. The Morgan fingerprint density at radius 2 is 1.71 bits per heavy atom. The zero-order valence-corrected chi connectivity index (χ0v) is 10.4. The number of methoxy groups -OCH3 is 2. The maximum atomic E-state index is 12.9. The molecule has 0 aliphatic heterocycles. The molecule has 0 bridgehead atoms. The van der Waals surface area contributed by atoms with Gasteiger partial charge in [-0.05, 0) is 0 Å². The quantitative estimate of drug-likeness (QED) is 0.633. The molecule has 11 heteroatoms. The van der Waals surface area contributed by atoms with Crippen LogP contribution in [-0.2, 0) is 10.9 Å². The van der Waals surface area contributed by atoms with Crippen molar-refractivity contribution in [3.8, 4) is 11.6 Å². The molecule has 118 valence electrons. The SMILES string of the molecule is COC(=O)c1nc(OC)cc(OC(F)(F)F)c1C(F)(F)F. The van der Waals surface area contributed by atoms with Crippen LogP contribution in [0.4, 0.5) is 26.3 Å². The molecule has 0 atom stereocenters. The fourth-order valence-electron chi connectivity index (χ4n) is 1.33. The first kappa shape index (κ1) is 16.9. The Balaban J connectivity index is 3.62. The number of pyridine rings is 1. The highest BCUT2D eigenvalue weighted by atomic mass is 19.4. The third kappa shape index (κ3) is 4.13. The van der Waals surface area contributed by atoms with Crippen molar-refractivity contribution in [2.75, 3.05) is 14.2 Å². The lowest BCUT2D eigenvalue weighted by Gasteiger charge is -2.18. The van der Waals surface area contributed by atoms with Crippen LogP contribution < -0.4 is 9.47 Å². The molecule has 5 nitrogen and oxygen atoms in total. The summed E-state index contributed by atoms with van der Waals surface area (Å²) in [6, 6.07) is 0.267. The van der Waals surface area contributed by atoms with Crippen molar-refractivity contribution in [1.29, 1.82) is 0 Å². The molecule has 0 unspecified atom stereocenters. The number of hydrogen-bond acceptors (Lipinski definition) is 5. The van der Waals surface area contributed by atoms with Gasteiger partial charge in [-0.25, -0.2) is 9.78 Å². The highest BCUT2D eigenvalue weighted by Gasteiger charge is 2.44. The zero-order chi connectivity index (χ0) is 16.4. The van der Waals surface area contributed by atoms with Crippen molar-refractivity contribution < 1.29 is 45.3 Å². The molecule has 1 heterocycles. The average Bonchev–Trinajstić information content (AvgIpc) is 2.33. The zero-order valence-electron chi connectivity index (χ0n) is 10.4. The Hall–Kier alpha value is -2.20. The van der Waals surface area contributed by atoms with Crippen LogP contribution in [0.5, 0.6) is 11.6 Å². The van der Waals surface area contributed by atoms with E-state index in [1.165, 1.54) is 0 Å². The van der Waals surface area contributed by atoms with Gasteiger partial charge < -0.3 is 14.2 Å². The number of rotatable bonds is 3. The Kier molecular flexibility index (Phi) is 4.54. The first-order valence-corrected chi connectivity index (χ1v) is 5.00. The molecule has 0 aliphatic rings. The smallest absolute Gasteiger partial charge is 0.481 e. The van der Waals surface area contributed by atoms with Gasteiger partial charge in [-0.2, -0.15) is 13.2 Å². The van der Waals surface area contributed by atoms with Crippen LogP contribution in [0.2, 0.25) is 0 Å². The molecule has 0 fully saturated rings. The second kappa shape index (κ2) is 5.66. The second-order valence-corrected chi connectivity index (χ2v) is 3.42. The molecule has 0 aliphatic carbocycles. The summed E-state index contributed by atoms with van der Waals surface area (Å²) in [5, 5.41) is 0. The van der Waals surface area contributed by atoms with Gasteiger partial charge in [0.2, 0.25) is 5.88 Å². The first-order valence-electron chi connectivity index (χ1n) is 5.00. The summed E-state index contributed by atoms with van der Waals surface area (Å²) < 4.78 is 87.0. The van der Waals surface area contributed by atoms with Gasteiger partial charge in [0.25, 0.3) is 0 Å². The number of halogens is 6. The van der Waals surface area contributed by atoms with E-state index in [0.29, 0.717) is 0 Å². The predicted octanol–water partition coefficient (Wildman–Crippen LogP) is 2.79. The van der Waals surface area contributed by atoms with Gasteiger partial charge in [0, 0.05) is 6.07 Å². The number of aromatic nitrogens is 1. The normalized spacial score (nSPS) is 12.0. The summed E-state index contributed by atoms with van der Waals surface area (Å²) in [6.45, 7) is 0. The van der Waals surface area contributed by atoms with Crippen molar-refractivity contribution in [3.05, 3.63) is 17.3 Å². The minimum atomic E-state index is -5.40. The maximum Gasteiger partial charge on any atom is 0.573 e. The van der Waals surface area contributed by atoms with Crippen LogP contribution in [-0.4, -0.2) is 31.5 Å². The Morgan fingerprint density at radius 3 is 2.10 bits per heavy atom. The molecular formula is C10H7F6NO4. The molecule has 21 heavy (non-hydrogen) atoms. The van der Waals surface area contributed by atoms with Crippen LogP contribution >= 0.6 is 0 Å². The largest absolute Gasteiger partial charge is 0.573 e. The van der Waals surface area contributed by atoms with E-state index in [1.807, 2.05) is 0 Å². The summed E-state index contributed by atoms with van der Waals surface area (Å²) in [5.74, 6) is -3.93. The van der Waals surface area contributed by atoms with E-state index in [4.69, 9.17) is 0 Å². The minimum Gasteiger partial charge on any atom is -0.481 e. The van der Waals surface area contributed by atoms with Gasteiger partial charge in [0.05, 0.1) is 14.2 Å². The third-order valence-corrected chi connectivity index (χ3v) is 2.06. The fraction of sp³-hybridized carbons (Fsp3) is 0.400. The highest BCUT2D eigenvalue weighted by Crippen LogP contribution is 2.41. The number of alkyl halides is 6. The van der Waals surface area contributed by atoms with E-state index < -0.39 is 41.4 Å². The van der Waals surface area contributed by atoms with Crippen molar-refractivity contribution in [3.63, 3.8) is 0 Å². The van der Waals surface area contributed by atoms with Crippen LogP contribution in [0.3, 0.4) is 0 Å². The van der Waals surface area contributed by atoms with Crippen molar-refractivity contribution in [2.24, 2.45) is 0 Å². The van der Waals surface area contributed by atoms with Crippen LogP contribution in [0.15, 0.2) is 6.07 Å². The van der Waals surface area contributed by atoms with Gasteiger partial charge in [-0.1, -0.05) is 0 Å². The number of carbonyl (C=O) groups excluding carboxylic acids is 1. The predicted molar refractivity (Wildman–Crippen MR) is 53.8 cm³/mol. The summed E-state index contributed by atoms with van der Waals surface area (Å²) in [6.07, 6.45) is -10.7. The number of nitrogens with zero attached hydrogens (tertiary/aromatic N) is 1. The molecular weight excluding hydrogens is 312 g/mol. The lowest BCUT2D eigenvalue weighted by atomic mass is 10.1. The fourth-order valence-corrected chi connectivity index (χ4v) is 1.33. The molecule has 0 spiro atoms. The van der Waals surface area contributed by atoms with E-state index in [9.17, 15) is 31.1 Å². The summed E-state index contributed by atoms with van der Waals surface area (Å²) in [5.41, 5.74) is -3.41. The van der Waals surface area contributed by atoms with Crippen molar-refractivity contribution in [1.82, 2.24) is 4.98 Å². The molecule has 1 aromatic rings. The Morgan fingerprint density at radius 1 is 1.14 bits per heavy atom. The highest BCUT2D eigenvalue weighted by molar-refractivity contribution is 5.90.